The summed E-state index contributed by atoms with van der Waals surface area (Å²) in [6, 6.07) is 8.32. The summed E-state index contributed by atoms with van der Waals surface area (Å²) in [4.78, 5) is 19.1. The van der Waals surface area contributed by atoms with Gasteiger partial charge in [0.15, 0.2) is 23.2 Å². The summed E-state index contributed by atoms with van der Waals surface area (Å²) in [6.07, 6.45) is 0.822. The second-order valence-electron chi connectivity index (χ2n) is 8.70. The summed E-state index contributed by atoms with van der Waals surface area (Å²) < 4.78 is 7.35. The number of aromatic nitrogens is 5. The van der Waals surface area contributed by atoms with Gasteiger partial charge in [-0.2, -0.15) is 0 Å². The van der Waals surface area contributed by atoms with Gasteiger partial charge in [-0.15, -0.1) is 0 Å². The van der Waals surface area contributed by atoms with Gasteiger partial charge in [0, 0.05) is 23.1 Å². The number of aliphatic hydroxyl groups excluding tert-OH is 2. The quantitative estimate of drug-likeness (QED) is 0.372. The molecule has 4 aromatic rings. The van der Waals surface area contributed by atoms with E-state index < -0.39 is 30.6 Å². The number of anilines is 1. The monoisotopic (exact) mass is 436 g/mol. The van der Waals surface area contributed by atoms with Crippen LogP contribution in [0.5, 0.6) is 0 Å². The van der Waals surface area contributed by atoms with E-state index in [1.165, 1.54) is 36.2 Å². The molecule has 2 aliphatic rings. The summed E-state index contributed by atoms with van der Waals surface area (Å²) >= 11 is 0. The number of benzene rings is 1. The largest absolute Gasteiger partial charge is 0.394 e. The molecule has 10 heteroatoms. The molecule has 5 heterocycles. The second kappa shape index (κ2) is 6.97. The molecule has 1 fully saturated rings. The van der Waals surface area contributed by atoms with Crippen molar-refractivity contribution in [3.8, 4) is 0 Å². The van der Waals surface area contributed by atoms with Gasteiger partial charge in [0.05, 0.1) is 19.5 Å². The van der Waals surface area contributed by atoms with E-state index >= 15 is 0 Å². The first-order chi connectivity index (χ1) is 15.5. The van der Waals surface area contributed by atoms with Crippen molar-refractivity contribution in [2.45, 2.75) is 43.9 Å². The molecule has 2 aliphatic heterocycles. The Hall–Kier alpha value is -3.05. The van der Waals surface area contributed by atoms with Crippen LogP contribution in [0.15, 0.2) is 36.9 Å². The molecule has 6 rings (SSSR count). The lowest BCUT2D eigenvalue weighted by atomic mass is 9.96. The van der Waals surface area contributed by atoms with Crippen molar-refractivity contribution in [1.82, 2.24) is 24.5 Å². The Morgan fingerprint density at radius 1 is 1.25 bits per heavy atom. The second-order valence-corrected chi connectivity index (χ2v) is 8.70. The molecule has 0 spiro atoms. The smallest absolute Gasteiger partial charge is 0.168 e. The molecule has 0 bridgehead atoms. The summed E-state index contributed by atoms with van der Waals surface area (Å²) in [6.45, 7) is 2.54. The molecule has 32 heavy (non-hydrogen) atoms. The number of hydrogen-bond acceptors (Lipinski definition) is 8. The number of para-hydroxylation sites is 1. The Balaban J connectivity index is 1.37. The van der Waals surface area contributed by atoms with Crippen molar-refractivity contribution >= 4 is 27.9 Å². The average Bonchev–Trinajstić information content (AvgIpc) is 3.45. The van der Waals surface area contributed by atoms with Crippen LogP contribution in [0.2, 0.25) is 0 Å². The third-order valence-corrected chi connectivity index (χ3v) is 6.71. The predicted molar refractivity (Wildman–Crippen MR) is 116 cm³/mol. The number of rotatable bonds is 3. The molecule has 4 atom stereocenters. The van der Waals surface area contributed by atoms with Gasteiger partial charge in [-0.3, -0.25) is 4.57 Å². The third kappa shape index (κ3) is 2.70. The standard InChI is InChI=1S/C22H24N6O4/c1-22(31)18(30)16(9-29)32-21(22)28-11-25-17-19(23-10-24-20(17)28)27-7-6-13-12-4-2-3-5-14(12)26-15(13)8-27/h2-5,10-11,16,18,21,26,29-31H,6-9H2,1H3/t16?,18?,21?,22-/m1/s1. The SMILES string of the molecule is C[C@@]1(O)C(O)C(CO)OC1n1cnc2c(N3CCc4c([nH]c5ccccc45)C3)ncnc21. The Morgan fingerprint density at radius 2 is 2.09 bits per heavy atom. The lowest BCUT2D eigenvalue weighted by molar-refractivity contribution is -0.0950. The fourth-order valence-electron chi connectivity index (χ4n) is 5.01. The van der Waals surface area contributed by atoms with Gasteiger partial charge in [0.2, 0.25) is 0 Å². The first-order valence-corrected chi connectivity index (χ1v) is 10.7. The third-order valence-electron chi connectivity index (χ3n) is 6.71. The molecule has 1 aromatic carbocycles. The van der Waals surface area contributed by atoms with E-state index in [4.69, 9.17) is 4.74 Å². The van der Waals surface area contributed by atoms with Gasteiger partial charge in [0.1, 0.15) is 24.1 Å². The van der Waals surface area contributed by atoms with Gasteiger partial charge in [0.25, 0.3) is 0 Å². The summed E-state index contributed by atoms with van der Waals surface area (Å²) in [5.41, 5.74) is 3.11. The molecule has 166 valence electrons. The van der Waals surface area contributed by atoms with Crippen LogP contribution in [-0.2, 0) is 17.7 Å². The van der Waals surface area contributed by atoms with Crippen molar-refractivity contribution < 1.29 is 20.1 Å². The Morgan fingerprint density at radius 3 is 2.91 bits per heavy atom. The first-order valence-electron chi connectivity index (χ1n) is 10.7. The molecule has 3 aromatic heterocycles. The van der Waals surface area contributed by atoms with E-state index in [2.05, 4.69) is 43.0 Å². The van der Waals surface area contributed by atoms with Crippen LogP contribution in [-0.4, -0.2) is 70.8 Å². The number of nitrogens with one attached hydrogen (secondary N) is 1. The minimum absolute atomic E-state index is 0.401. The van der Waals surface area contributed by atoms with Gasteiger partial charge in [-0.05, 0) is 25.0 Å². The van der Waals surface area contributed by atoms with E-state index in [9.17, 15) is 15.3 Å². The number of imidazole rings is 1. The van der Waals surface area contributed by atoms with E-state index in [0.717, 1.165) is 18.5 Å². The van der Waals surface area contributed by atoms with Crippen LogP contribution < -0.4 is 4.90 Å². The molecule has 0 radical (unpaired) electrons. The van der Waals surface area contributed by atoms with Crippen molar-refractivity contribution in [2.24, 2.45) is 0 Å². The minimum Gasteiger partial charge on any atom is -0.394 e. The van der Waals surface area contributed by atoms with E-state index in [0.29, 0.717) is 23.5 Å². The zero-order valence-electron chi connectivity index (χ0n) is 17.5. The van der Waals surface area contributed by atoms with Crippen molar-refractivity contribution in [3.05, 3.63) is 48.2 Å². The van der Waals surface area contributed by atoms with Gasteiger partial charge in [-0.1, -0.05) is 18.2 Å². The molecule has 0 amide bonds. The highest BCUT2D eigenvalue weighted by Gasteiger charge is 2.53. The summed E-state index contributed by atoms with van der Waals surface area (Å²) in [5, 5.41) is 32.0. The molecule has 3 unspecified atom stereocenters. The lowest BCUT2D eigenvalue weighted by Crippen LogP contribution is -2.44. The molecule has 0 saturated carbocycles. The minimum atomic E-state index is -1.61. The predicted octanol–water partition coefficient (Wildman–Crippen LogP) is 0.872. The van der Waals surface area contributed by atoms with E-state index in [-0.39, 0.29) is 0 Å². The Labute approximate surface area is 183 Å². The highest BCUT2D eigenvalue weighted by molar-refractivity contribution is 5.87. The van der Waals surface area contributed by atoms with Gasteiger partial charge < -0.3 is 29.9 Å². The van der Waals surface area contributed by atoms with E-state index in [1.807, 2.05) is 6.07 Å². The molecule has 10 nitrogen and oxygen atoms in total. The number of hydrogen-bond donors (Lipinski definition) is 4. The molecule has 4 N–H and O–H groups in total. The van der Waals surface area contributed by atoms with Gasteiger partial charge >= 0.3 is 0 Å². The van der Waals surface area contributed by atoms with E-state index in [1.54, 1.807) is 4.57 Å². The summed E-state index contributed by atoms with van der Waals surface area (Å²) in [7, 11) is 0. The first kappa shape index (κ1) is 19.6. The lowest BCUT2D eigenvalue weighted by Gasteiger charge is -2.28. The summed E-state index contributed by atoms with van der Waals surface area (Å²) in [5.74, 6) is 0.704. The Kier molecular flexibility index (Phi) is 4.28. The van der Waals surface area contributed by atoms with Crippen LogP contribution in [0.3, 0.4) is 0 Å². The molecular formula is C22H24N6O4. The number of fused-ring (bicyclic) bond motifs is 4. The van der Waals surface area contributed by atoms with Crippen LogP contribution in [0, 0.1) is 0 Å². The number of H-pyrrole nitrogens is 1. The van der Waals surface area contributed by atoms with Crippen LogP contribution in [0.25, 0.3) is 22.1 Å². The fourth-order valence-corrected chi connectivity index (χ4v) is 5.01. The molecular weight excluding hydrogens is 412 g/mol. The van der Waals surface area contributed by atoms with Crippen LogP contribution in [0.1, 0.15) is 24.4 Å². The number of aromatic amines is 1. The average molecular weight is 436 g/mol. The molecule has 0 aliphatic carbocycles. The number of aliphatic hydroxyl groups is 3. The number of ether oxygens (including phenoxy) is 1. The van der Waals surface area contributed by atoms with Crippen LogP contribution >= 0.6 is 0 Å². The molecule has 1 saturated heterocycles. The zero-order valence-corrected chi connectivity index (χ0v) is 17.5. The maximum atomic E-state index is 10.9. The Bertz CT molecular complexity index is 1310. The number of nitrogens with zero attached hydrogens (tertiary/aromatic N) is 5. The highest BCUT2D eigenvalue weighted by atomic mass is 16.6. The topological polar surface area (TPSA) is 133 Å². The van der Waals surface area contributed by atoms with Crippen molar-refractivity contribution in [2.75, 3.05) is 18.1 Å². The van der Waals surface area contributed by atoms with Crippen molar-refractivity contribution in [1.29, 1.82) is 0 Å². The van der Waals surface area contributed by atoms with Crippen molar-refractivity contribution in [3.63, 3.8) is 0 Å². The fraction of sp³-hybridized carbons (Fsp3) is 0.409. The highest BCUT2D eigenvalue weighted by Crippen LogP contribution is 2.40. The van der Waals surface area contributed by atoms with Gasteiger partial charge in [-0.25, -0.2) is 15.0 Å². The maximum absolute atomic E-state index is 10.9. The zero-order chi connectivity index (χ0) is 22.0. The van der Waals surface area contributed by atoms with Crippen LogP contribution in [0.4, 0.5) is 5.82 Å². The maximum Gasteiger partial charge on any atom is 0.168 e. The normalized spacial score (nSPS) is 28.0.